The highest BCUT2D eigenvalue weighted by molar-refractivity contribution is 6.30. The first-order valence-electron chi connectivity index (χ1n) is 4.33. The minimum atomic E-state index is -0.999. The van der Waals surface area contributed by atoms with Gasteiger partial charge >= 0.3 is 5.97 Å². The highest BCUT2D eigenvalue weighted by atomic mass is 35.5. The fraction of sp³-hybridized carbons (Fsp3) is 0.100. The lowest BCUT2D eigenvalue weighted by Crippen LogP contribution is -1.92. The Labute approximate surface area is 96.1 Å². The van der Waals surface area contributed by atoms with Gasteiger partial charge in [0.25, 0.3) is 5.69 Å². The maximum absolute atomic E-state index is 10.6. The second-order valence-corrected chi connectivity index (χ2v) is 3.40. The lowest BCUT2D eigenvalue weighted by atomic mass is 10.1. The molecule has 1 N–H and O–H groups in total. The monoisotopic (exact) mass is 241 g/mol. The van der Waals surface area contributed by atoms with Crippen LogP contribution in [-0.4, -0.2) is 16.0 Å². The third kappa shape index (κ3) is 3.36. The molecule has 6 heteroatoms. The first kappa shape index (κ1) is 12.2. The van der Waals surface area contributed by atoms with Crippen LogP contribution in [0.1, 0.15) is 12.0 Å². The summed E-state index contributed by atoms with van der Waals surface area (Å²) in [6.45, 7) is 0. The number of aliphatic carboxylic acids is 1. The fourth-order valence-corrected chi connectivity index (χ4v) is 1.29. The van der Waals surface area contributed by atoms with Gasteiger partial charge in [-0.2, -0.15) is 0 Å². The van der Waals surface area contributed by atoms with Crippen molar-refractivity contribution in [1.82, 2.24) is 0 Å². The SMILES string of the molecule is O=C(O)CC=Cc1cc(Cl)ccc1[N+](=O)[O-]. The molecule has 0 atom stereocenters. The van der Waals surface area contributed by atoms with E-state index in [1.54, 1.807) is 0 Å². The number of hydrogen-bond acceptors (Lipinski definition) is 3. The molecule has 84 valence electrons. The molecule has 0 saturated carbocycles. The number of carboxylic acids is 1. The van der Waals surface area contributed by atoms with Crippen LogP contribution < -0.4 is 0 Å². The molecule has 1 rings (SSSR count). The number of carboxylic acid groups (broad SMARTS) is 1. The van der Waals surface area contributed by atoms with Crippen molar-refractivity contribution in [2.24, 2.45) is 0 Å². The summed E-state index contributed by atoms with van der Waals surface area (Å²) in [4.78, 5) is 20.4. The molecule has 16 heavy (non-hydrogen) atoms. The summed E-state index contributed by atoms with van der Waals surface area (Å²) in [7, 11) is 0. The van der Waals surface area contributed by atoms with Crippen molar-refractivity contribution in [3.63, 3.8) is 0 Å². The molecule has 0 bridgehead atoms. The summed E-state index contributed by atoms with van der Waals surface area (Å²) in [6.07, 6.45) is 2.52. The van der Waals surface area contributed by atoms with E-state index in [-0.39, 0.29) is 12.1 Å². The quantitative estimate of drug-likeness (QED) is 0.649. The Kier molecular flexibility index (Phi) is 4.02. The normalized spacial score (nSPS) is 10.6. The van der Waals surface area contributed by atoms with Crippen molar-refractivity contribution in [3.05, 3.63) is 45.0 Å². The van der Waals surface area contributed by atoms with Crippen LogP contribution in [0.25, 0.3) is 6.08 Å². The van der Waals surface area contributed by atoms with Crippen molar-refractivity contribution < 1.29 is 14.8 Å². The Bertz CT molecular complexity index is 456. The molecular weight excluding hydrogens is 234 g/mol. The topological polar surface area (TPSA) is 80.4 Å². The fourth-order valence-electron chi connectivity index (χ4n) is 1.11. The number of rotatable bonds is 4. The van der Waals surface area contributed by atoms with Gasteiger partial charge in [-0.05, 0) is 12.1 Å². The van der Waals surface area contributed by atoms with Crippen molar-refractivity contribution in [1.29, 1.82) is 0 Å². The van der Waals surface area contributed by atoms with E-state index >= 15 is 0 Å². The standard InChI is InChI=1S/C10H8ClNO4/c11-8-4-5-9(12(15)16)7(6-8)2-1-3-10(13)14/h1-2,4-6H,3H2,(H,13,14). The van der Waals surface area contributed by atoms with E-state index < -0.39 is 10.9 Å². The van der Waals surface area contributed by atoms with Gasteiger partial charge in [-0.15, -0.1) is 0 Å². The lowest BCUT2D eigenvalue weighted by molar-refractivity contribution is -0.385. The summed E-state index contributed by atoms with van der Waals surface area (Å²) in [5, 5.41) is 19.4. The lowest BCUT2D eigenvalue weighted by Gasteiger charge is -1.97. The first-order valence-corrected chi connectivity index (χ1v) is 4.71. The molecule has 0 fully saturated rings. The van der Waals surface area contributed by atoms with Crippen LogP contribution in [0, 0.1) is 10.1 Å². The van der Waals surface area contributed by atoms with Crippen LogP contribution in [0.4, 0.5) is 5.69 Å². The number of nitro groups is 1. The summed E-state index contributed by atoms with van der Waals surface area (Å²) >= 11 is 5.69. The third-order valence-electron chi connectivity index (χ3n) is 1.78. The van der Waals surface area contributed by atoms with Crippen LogP contribution in [0.5, 0.6) is 0 Å². The van der Waals surface area contributed by atoms with E-state index in [9.17, 15) is 14.9 Å². The maximum atomic E-state index is 10.6. The van der Waals surface area contributed by atoms with E-state index in [1.165, 1.54) is 30.4 Å². The van der Waals surface area contributed by atoms with Crippen molar-refractivity contribution in [2.75, 3.05) is 0 Å². The predicted octanol–water partition coefficient (Wildman–Crippen LogP) is 2.74. The van der Waals surface area contributed by atoms with Crippen LogP contribution in [0.2, 0.25) is 5.02 Å². The molecule has 0 unspecified atom stereocenters. The molecule has 0 saturated heterocycles. The molecule has 0 aliphatic carbocycles. The zero-order valence-corrected chi connectivity index (χ0v) is 8.85. The zero-order valence-electron chi connectivity index (χ0n) is 8.09. The molecule has 1 aromatic rings. The Morgan fingerprint density at radius 1 is 1.56 bits per heavy atom. The van der Waals surface area contributed by atoms with Gasteiger partial charge in [-0.3, -0.25) is 14.9 Å². The second kappa shape index (κ2) is 5.27. The van der Waals surface area contributed by atoms with Crippen LogP contribution in [0.3, 0.4) is 0 Å². The van der Waals surface area contributed by atoms with E-state index in [0.717, 1.165) is 0 Å². The van der Waals surface area contributed by atoms with E-state index in [2.05, 4.69) is 0 Å². The Hall–Kier alpha value is -1.88. The Morgan fingerprint density at radius 3 is 2.81 bits per heavy atom. The molecule has 0 amide bonds. The maximum Gasteiger partial charge on any atom is 0.307 e. The first-order chi connectivity index (χ1) is 7.50. The van der Waals surface area contributed by atoms with E-state index in [1.807, 2.05) is 0 Å². The minimum absolute atomic E-state index is 0.106. The molecule has 0 radical (unpaired) electrons. The zero-order chi connectivity index (χ0) is 12.1. The number of nitrogens with zero attached hydrogens (tertiary/aromatic N) is 1. The van der Waals surface area contributed by atoms with E-state index in [0.29, 0.717) is 10.6 Å². The molecular formula is C10H8ClNO4. The summed E-state index contributed by atoms with van der Waals surface area (Å²) in [5.74, 6) is -0.999. The highest BCUT2D eigenvalue weighted by Crippen LogP contribution is 2.23. The summed E-state index contributed by atoms with van der Waals surface area (Å²) < 4.78 is 0. The number of nitro benzene ring substituents is 1. The molecule has 0 aromatic heterocycles. The molecule has 1 aromatic carbocycles. The summed E-state index contributed by atoms with van der Waals surface area (Å²) in [5.41, 5.74) is 0.185. The van der Waals surface area contributed by atoms with Gasteiger partial charge in [-0.25, -0.2) is 0 Å². The van der Waals surface area contributed by atoms with E-state index in [4.69, 9.17) is 16.7 Å². The number of benzene rings is 1. The van der Waals surface area contributed by atoms with Gasteiger partial charge < -0.3 is 5.11 Å². The third-order valence-corrected chi connectivity index (χ3v) is 2.01. The largest absolute Gasteiger partial charge is 0.481 e. The molecule has 0 aliphatic rings. The van der Waals surface area contributed by atoms with Crippen LogP contribution in [0.15, 0.2) is 24.3 Å². The molecule has 0 aliphatic heterocycles. The van der Waals surface area contributed by atoms with Gasteiger partial charge in [0.2, 0.25) is 0 Å². The highest BCUT2D eigenvalue weighted by Gasteiger charge is 2.11. The van der Waals surface area contributed by atoms with Crippen molar-refractivity contribution in [2.45, 2.75) is 6.42 Å². The Balaban J connectivity index is 3.01. The van der Waals surface area contributed by atoms with Gasteiger partial charge in [-0.1, -0.05) is 23.8 Å². The minimum Gasteiger partial charge on any atom is -0.481 e. The molecule has 0 spiro atoms. The van der Waals surface area contributed by atoms with Gasteiger partial charge in [0, 0.05) is 11.1 Å². The smallest absolute Gasteiger partial charge is 0.307 e. The number of hydrogen-bond donors (Lipinski definition) is 1. The van der Waals surface area contributed by atoms with Crippen molar-refractivity contribution in [3.8, 4) is 0 Å². The Morgan fingerprint density at radius 2 is 2.25 bits per heavy atom. The predicted molar refractivity (Wildman–Crippen MR) is 59.4 cm³/mol. The van der Waals surface area contributed by atoms with Crippen LogP contribution in [-0.2, 0) is 4.79 Å². The average Bonchev–Trinajstić information content (AvgIpc) is 2.16. The molecule has 0 heterocycles. The van der Waals surface area contributed by atoms with Gasteiger partial charge in [0.05, 0.1) is 16.9 Å². The number of carbonyl (C=O) groups is 1. The van der Waals surface area contributed by atoms with Gasteiger partial charge in [0.1, 0.15) is 0 Å². The van der Waals surface area contributed by atoms with Crippen molar-refractivity contribution >= 4 is 29.3 Å². The number of halogens is 1. The van der Waals surface area contributed by atoms with Gasteiger partial charge in [0.15, 0.2) is 0 Å². The average molecular weight is 242 g/mol. The summed E-state index contributed by atoms with van der Waals surface area (Å²) in [6, 6.07) is 4.11. The van der Waals surface area contributed by atoms with Crippen LogP contribution >= 0.6 is 11.6 Å². The second-order valence-electron chi connectivity index (χ2n) is 2.96. The molecule has 5 nitrogen and oxygen atoms in total.